The van der Waals surface area contributed by atoms with Crippen LogP contribution in [0.4, 0.5) is 22.0 Å². The Hall–Kier alpha value is -3.50. The van der Waals surface area contributed by atoms with Crippen molar-refractivity contribution in [2.75, 3.05) is 6.61 Å². The van der Waals surface area contributed by atoms with Crippen molar-refractivity contribution >= 4 is 16.7 Å². The van der Waals surface area contributed by atoms with Gasteiger partial charge in [-0.05, 0) is 12.1 Å². The second-order valence-corrected chi connectivity index (χ2v) is 6.75. The quantitative estimate of drug-likeness (QED) is 0.619. The molecule has 1 aromatic carbocycles. The van der Waals surface area contributed by atoms with Crippen molar-refractivity contribution in [3.63, 3.8) is 0 Å². The molecule has 2 aromatic heterocycles. The zero-order valence-electron chi connectivity index (χ0n) is 15.7. The molecule has 0 fully saturated rings. The number of benzene rings is 1. The number of halogens is 5. The van der Waals surface area contributed by atoms with Crippen molar-refractivity contribution in [2.45, 2.75) is 25.6 Å². The van der Waals surface area contributed by atoms with Gasteiger partial charge < -0.3 is 14.5 Å². The van der Waals surface area contributed by atoms with Crippen LogP contribution in [0.25, 0.3) is 22.2 Å². The van der Waals surface area contributed by atoms with E-state index in [4.69, 9.17) is 4.84 Å². The van der Waals surface area contributed by atoms with E-state index >= 15 is 0 Å². The van der Waals surface area contributed by atoms with Crippen LogP contribution in [0, 0.1) is 0 Å². The van der Waals surface area contributed by atoms with Gasteiger partial charge in [-0.25, -0.2) is 8.78 Å². The molecule has 0 radical (unpaired) electrons. The first-order chi connectivity index (χ1) is 14.7. The van der Waals surface area contributed by atoms with Gasteiger partial charge in [-0.15, -0.1) is 0 Å². The Labute approximate surface area is 171 Å². The van der Waals surface area contributed by atoms with Crippen molar-refractivity contribution in [1.29, 1.82) is 0 Å². The number of aromatic nitrogens is 2. The van der Waals surface area contributed by atoms with Gasteiger partial charge in [-0.1, -0.05) is 23.4 Å². The summed E-state index contributed by atoms with van der Waals surface area (Å²) < 4.78 is 69.3. The Morgan fingerprint density at radius 3 is 2.55 bits per heavy atom. The van der Waals surface area contributed by atoms with Crippen molar-refractivity contribution in [1.82, 2.24) is 9.55 Å². The summed E-state index contributed by atoms with van der Waals surface area (Å²) in [6.07, 6.45) is -6.55. The molecule has 0 saturated heterocycles. The molecule has 0 amide bonds. The topological polar surface area (TPSA) is 76.7 Å². The van der Waals surface area contributed by atoms with Crippen LogP contribution in [0.2, 0.25) is 0 Å². The highest BCUT2D eigenvalue weighted by Crippen LogP contribution is 2.42. The molecule has 0 saturated carbocycles. The third kappa shape index (κ3) is 3.60. The number of oxime groups is 1. The fourth-order valence-electron chi connectivity index (χ4n) is 3.63. The number of hydrogen-bond donors (Lipinski definition) is 1. The first-order valence-corrected chi connectivity index (χ1v) is 9.08. The van der Waals surface area contributed by atoms with Crippen molar-refractivity contribution in [3.05, 3.63) is 58.0 Å². The summed E-state index contributed by atoms with van der Waals surface area (Å²) in [6, 6.07) is 6.08. The van der Waals surface area contributed by atoms with Crippen molar-refractivity contribution in [2.24, 2.45) is 5.16 Å². The summed E-state index contributed by atoms with van der Waals surface area (Å²) in [5, 5.41) is 14.3. The molecule has 31 heavy (non-hydrogen) atoms. The van der Waals surface area contributed by atoms with Crippen LogP contribution in [0.1, 0.15) is 17.5 Å². The van der Waals surface area contributed by atoms with Gasteiger partial charge in [0.05, 0.1) is 28.9 Å². The summed E-state index contributed by atoms with van der Waals surface area (Å²) in [5.41, 5.74) is -4.50. The van der Waals surface area contributed by atoms with Crippen molar-refractivity contribution < 1.29 is 31.9 Å². The highest BCUT2D eigenvalue weighted by molar-refractivity contribution is 6.04. The average molecular weight is 439 g/mol. The van der Waals surface area contributed by atoms with Gasteiger partial charge in [0.2, 0.25) is 0 Å². The maximum absolute atomic E-state index is 14.1. The predicted molar refractivity (Wildman–Crippen MR) is 101 cm³/mol. The number of nitrogens with zero attached hydrogens (tertiary/aromatic N) is 3. The minimum absolute atomic E-state index is 0.0282. The number of alkyl halides is 5. The highest BCUT2D eigenvalue weighted by Gasteiger charge is 2.39. The first-order valence-electron chi connectivity index (χ1n) is 9.08. The molecule has 0 aliphatic carbocycles. The monoisotopic (exact) mass is 439 g/mol. The maximum Gasteiger partial charge on any atom is 0.417 e. The summed E-state index contributed by atoms with van der Waals surface area (Å²) in [5.74, 6) is -0.821. The van der Waals surface area contributed by atoms with Gasteiger partial charge in [-0.3, -0.25) is 9.78 Å². The second-order valence-electron chi connectivity index (χ2n) is 6.75. The summed E-state index contributed by atoms with van der Waals surface area (Å²) in [4.78, 5) is 21.8. The minimum atomic E-state index is -4.94. The van der Waals surface area contributed by atoms with Crippen LogP contribution >= 0.6 is 0 Å². The van der Waals surface area contributed by atoms with E-state index in [9.17, 15) is 31.9 Å². The second kappa shape index (κ2) is 7.64. The minimum Gasteiger partial charge on any atom is -0.505 e. The van der Waals surface area contributed by atoms with Gasteiger partial charge in [-0.2, -0.15) is 13.2 Å². The molecule has 1 aliphatic rings. The molecule has 3 heterocycles. The SMILES string of the molecule is O=c1c(-c2cccc(C3=NOCC3)c2C(F)(F)F)c(O)c2ncccc2n1CC(F)F. The summed E-state index contributed by atoms with van der Waals surface area (Å²) >= 11 is 0. The number of aromatic hydroxyl groups is 1. The highest BCUT2D eigenvalue weighted by atomic mass is 19.4. The molecule has 0 bridgehead atoms. The molecule has 11 heteroatoms. The maximum atomic E-state index is 14.1. The zero-order valence-corrected chi connectivity index (χ0v) is 15.7. The van der Waals surface area contributed by atoms with Crippen LogP contribution in [-0.4, -0.2) is 33.4 Å². The van der Waals surface area contributed by atoms with Crippen LogP contribution in [0.15, 0.2) is 46.5 Å². The smallest absolute Gasteiger partial charge is 0.417 e. The molecule has 3 aromatic rings. The number of pyridine rings is 2. The Kier molecular flexibility index (Phi) is 5.11. The molecule has 4 rings (SSSR count). The Balaban J connectivity index is 2.11. The molecule has 162 valence electrons. The van der Waals surface area contributed by atoms with E-state index in [0.717, 1.165) is 6.07 Å². The lowest BCUT2D eigenvalue weighted by Crippen LogP contribution is -2.26. The van der Waals surface area contributed by atoms with Crippen LogP contribution in [0.5, 0.6) is 5.75 Å². The van der Waals surface area contributed by atoms with Gasteiger partial charge in [0.25, 0.3) is 12.0 Å². The largest absolute Gasteiger partial charge is 0.505 e. The van der Waals surface area contributed by atoms with Gasteiger partial charge in [0, 0.05) is 23.7 Å². The molecule has 6 nitrogen and oxygen atoms in total. The predicted octanol–water partition coefficient (Wildman–Crippen LogP) is 4.18. The standard InChI is InChI=1S/C20H14F5N3O3/c21-14(22)9-28-13-5-2-7-26-17(13)18(29)15(19(28)30)11-4-1-3-10(12-6-8-31-27-12)16(11)20(23,24)25/h1-5,7,14,29H,6,8-9H2. The third-order valence-corrected chi connectivity index (χ3v) is 4.85. The lowest BCUT2D eigenvalue weighted by Gasteiger charge is -2.19. The van der Waals surface area contributed by atoms with Crippen LogP contribution < -0.4 is 5.56 Å². The van der Waals surface area contributed by atoms with E-state index in [1.54, 1.807) is 0 Å². The molecular weight excluding hydrogens is 425 g/mol. The van der Waals surface area contributed by atoms with Crippen molar-refractivity contribution in [3.8, 4) is 16.9 Å². The van der Waals surface area contributed by atoms with E-state index in [1.165, 1.54) is 30.5 Å². The lowest BCUT2D eigenvalue weighted by molar-refractivity contribution is -0.137. The summed E-state index contributed by atoms with van der Waals surface area (Å²) in [6.45, 7) is -0.973. The van der Waals surface area contributed by atoms with E-state index in [-0.39, 0.29) is 35.3 Å². The fraction of sp³-hybridized carbons (Fsp3) is 0.250. The van der Waals surface area contributed by atoms with E-state index in [0.29, 0.717) is 4.57 Å². The average Bonchev–Trinajstić information content (AvgIpc) is 3.25. The molecule has 0 atom stereocenters. The molecule has 1 aliphatic heterocycles. The number of fused-ring (bicyclic) bond motifs is 1. The molecular formula is C20H14F5N3O3. The van der Waals surface area contributed by atoms with Gasteiger partial charge >= 0.3 is 6.18 Å². The third-order valence-electron chi connectivity index (χ3n) is 4.85. The van der Waals surface area contributed by atoms with E-state index < -0.39 is 47.1 Å². The Morgan fingerprint density at radius 1 is 1.16 bits per heavy atom. The number of rotatable bonds is 4. The van der Waals surface area contributed by atoms with Crippen LogP contribution in [-0.2, 0) is 17.6 Å². The Bertz CT molecular complexity index is 1250. The molecule has 0 unspecified atom stereocenters. The zero-order chi connectivity index (χ0) is 22.3. The summed E-state index contributed by atoms with van der Waals surface area (Å²) in [7, 11) is 0. The first kappa shape index (κ1) is 20.8. The normalized spacial score (nSPS) is 14.2. The van der Waals surface area contributed by atoms with E-state index in [1.807, 2.05) is 0 Å². The molecule has 1 N–H and O–H groups in total. The number of hydrogen-bond acceptors (Lipinski definition) is 5. The van der Waals surface area contributed by atoms with E-state index in [2.05, 4.69) is 10.1 Å². The Morgan fingerprint density at radius 2 is 1.90 bits per heavy atom. The lowest BCUT2D eigenvalue weighted by atomic mass is 9.91. The van der Waals surface area contributed by atoms with Gasteiger partial charge in [0.1, 0.15) is 12.1 Å². The molecule has 0 spiro atoms. The van der Waals surface area contributed by atoms with Gasteiger partial charge in [0.15, 0.2) is 5.75 Å². The fourth-order valence-corrected chi connectivity index (χ4v) is 3.63. The van der Waals surface area contributed by atoms with Crippen LogP contribution in [0.3, 0.4) is 0 Å².